The Hall–Kier alpha value is -0.950. The molecule has 136 valence electrons. The second-order valence-corrected chi connectivity index (χ2v) is 7.49. The van der Waals surface area contributed by atoms with Crippen molar-refractivity contribution in [2.24, 2.45) is 11.8 Å². The van der Waals surface area contributed by atoms with Gasteiger partial charge in [-0.25, -0.2) is 0 Å². The zero-order chi connectivity index (χ0) is 17.2. The predicted octanol–water partition coefficient (Wildman–Crippen LogP) is 1.18. The third-order valence-corrected chi connectivity index (χ3v) is 5.91. The van der Waals surface area contributed by atoms with Crippen LogP contribution in [0.25, 0.3) is 0 Å². The third-order valence-electron chi connectivity index (χ3n) is 5.91. The van der Waals surface area contributed by atoms with E-state index in [1.165, 1.54) is 5.56 Å². The fourth-order valence-corrected chi connectivity index (χ4v) is 4.34. The fraction of sp³-hybridized carbons (Fsp3) is 0.833. The molecule has 1 aromatic heterocycles. The van der Waals surface area contributed by atoms with Crippen molar-refractivity contribution in [1.29, 1.82) is 0 Å². The van der Waals surface area contributed by atoms with E-state index in [1.54, 1.807) is 0 Å². The Morgan fingerprint density at radius 2 is 2.12 bits per heavy atom. The molecule has 2 N–H and O–H groups in total. The second kappa shape index (κ2) is 7.52. The summed E-state index contributed by atoms with van der Waals surface area (Å²) in [5.41, 5.74) is 1.70. The summed E-state index contributed by atoms with van der Waals surface area (Å²) in [4.78, 5) is 2.42. The minimum absolute atomic E-state index is 0.111. The van der Waals surface area contributed by atoms with E-state index in [4.69, 9.17) is 9.84 Å². The topological polar surface area (TPSA) is 70.8 Å². The number of rotatable bonds is 5. The number of ether oxygens (including phenoxy) is 1. The summed E-state index contributed by atoms with van der Waals surface area (Å²) in [6.07, 6.45) is 4.83. The monoisotopic (exact) mass is 337 g/mol. The highest BCUT2D eigenvalue weighted by Gasteiger charge is 2.45. The first kappa shape index (κ1) is 17.9. The first-order chi connectivity index (χ1) is 11.5. The van der Waals surface area contributed by atoms with Crippen LogP contribution < -0.4 is 0 Å². The van der Waals surface area contributed by atoms with Crippen LogP contribution in [0, 0.1) is 18.8 Å². The SMILES string of the molecule is Cc1nn(CCO)cc1CN1CC[C@@](O)(C2CCOCC2)[C@H](C)C1. The van der Waals surface area contributed by atoms with E-state index in [1.807, 2.05) is 17.8 Å². The Bertz CT molecular complexity index is 542. The number of likely N-dealkylation sites (tertiary alicyclic amines) is 1. The Morgan fingerprint density at radius 1 is 1.38 bits per heavy atom. The molecule has 0 aliphatic carbocycles. The van der Waals surface area contributed by atoms with Crippen LogP contribution in [0.2, 0.25) is 0 Å². The van der Waals surface area contributed by atoms with Crippen LogP contribution in [0.4, 0.5) is 0 Å². The standard InChI is InChI=1S/C18H31N3O3/c1-14-11-20(12-16-13-21(7-8-22)19-15(16)2)6-5-18(14,23)17-3-9-24-10-4-17/h13-14,17,22-23H,3-12H2,1-2H3/t14-,18+/m1/s1. The predicted molar refractivity (Wildman–Crippen MR) is 91.6 cm³/mol. The molecule has 1 aromatic rings. The third kappa shape index (κ3) is 3.67. The highest BCUT2D eigenvalue weighted by molar-refractivity contribution is 5.15. The van der Waals surface area contributed by atoms with Crippen LogP contribution in [0.3, 0.4) is 0 Å². The lowest BCUT2D eigenvalue weighted by molar-refractivity contribution is -0.131. The summed E-state index contributed by atoms with van der Waals surface area (Å²) in [6, 6.07) is 0. The maximum Gasteiger partial charge on any atom is 0.0727 e. The molecule has 2 aliphatic rings. The molecule has 0 aromatic carbocycles. The van der Waals surface area contributed by atoms with E-state index in [9.17, 15) is 5.11 Å². The quantitative estimate of drug-likeness (QED) is 0.844. The normalized spacial score (nSPS) is 29.9. The molecule has 0 saturated carbocycles. The fourth-order valence-electron chi connectivity index (χ4n) is 4.34. The Morgan fingerprint density at radius 3 is 2.79 bits per heavy atom. The van der Waals surface area contributed by atoms with E-state index in [-0.39, 0.29) is 12.5 Å². The smallest absolute Gasteiger partial charge is 0.0727 e. The largest absolute Gasteiger partial charge is 0.394 e. The van der Waals surface area contributed by atoms with Crippen molar-refractivity contribution in [1.82, 2.24) is 14.7 Å². The van der Waals surface area contributed by atoms with Gasteiger partial charge < -0.3 is 14.9 Å². The number of aryl methyl sites for hydroxylation is 1. The van der Waals surface area contributed by atoms with E-state index < -0.39 is 5.60 Å². The molecule has 2 fully saturated rings. The number of aliphatic hydroxyl groups excluding tert-OH is 1. The number of hydrogen-bond donors (Lipinski definition) is 2. The van der Waals surface area contributed by atoms with Gasteiger partial charge in [0, 0.05) is 44.6 Å². The van der Waals surface area contributed by atoms with Crippen molar-refractivity contribution in [3.63, 3.8) is 0 Å². The van der Waals surface area contributed by atoms with Gasteiger partial charge in [-0.2, -0.15) is 5.10 Å². The first-order valence-electron chi connectivity index (χ1n) is 9.19. The molecule has 6 nitrogen and oxygen atoms in total. The highest BCUT2D eigenvalue weighted by Crippen LogP contribution is 2.39. The van der Waals surface area contributed by atoms with Crippen molar-refractivity contribution in [2.75, 3.05) is 32.9 Å². The van der Waals surface area contributed by atoms with Gasteiger partial charge in [0.25, 0.3) is 0 Å². The van der Waals surface area contributed by atoms with Gasteiger partial charge in [-0.15, -0.1) is 0 Å². The van der Waals surface area contributed by atoms with E-state index in [0.717, 1.165) is 57.8 Å². The summed E-state index contributed by atoms with van der Waals surface area (Å²) in [7, 11) is 0. The van der Waals surface area contributed by atoms with E-state index in [2.05, 4.69) is 16.9 Å². The number of hydrogen-bond acceptors (Lipinski definition) is 5. The lowest BCUT2D eigenvalue weighted by Gasteiger charge is -2.48. The molecule has 0 amide bonds. The lowest BCUT2D eigenvalue weighted by Crippen LogP contribution is -2.55. The molecule has 2 aliphatic heterocycles. The van der Waals surface area contributed by atoms with E-state index >= 15 is 0 Å². The van der Waals surface area contributed by atoms with Crippen LogP contribution in [0.1, 0.15) is 37.4 Å². The maximum absolute atomic E-state index is 11.3. The number of nitrogens with zero attached hydrogens (tertiary/aromatic N) is 3. The zero-order valence-electron chi connectivity index (χ0n) is 14.9. The molecule has 24 heavy (non-hydrogen) atoms. The summed E-state index contributed by atoms with van der Waals surface area (Å²) < 4.78 is 7.27. The molecule has 3 heterocycles. The van der Waals surface area contributed by atoms with Gasteiger partial charge in [-0.3, -0.25) is 9.58 Å². The summed E-state index contributed by atoms with van der Waals surface area (Å²) in [5.74, 6) is 0.639. The van der Waals surface area contributed by atoms with Crippen molar-refractivity contribution < 1.29 is 14.9 Å². The van der Waals surface area contributed by atoms with E-state index in [0.29, 0.717) is 12.5 Å². The Kier molecular flexibility index (Phi) is 5.59. The molecule has 2 saturated heterocycles. The maximum atomic E-state index is 11.3. The summed E-state index contributed by atoms with van der Waals surface area (Å²) in [5, 5.41) is 24.8. The lowest BCUT2D eigenvalue weighted by atomic mass is 9.70. The molecule has 3 rings (SSSR count). The average molecular weight is 337 g/mol. The van der Waals surface area contributed by atoms with Crippen LogP contribution in [0.5, 0.6) is 0 Å². The molecule has 0 spiro atoms. The van der Waals surface area contributed by atoms with Gasteiger partial charge in [0.05, 0.1) is 24.4 Å². The van der Waals surface area contributed by atoms with Gasteiger partial charge in [-0.1, -0.05) is 6.92 Å². The first-order valence-corrected chi connectivity index (χ1v) is 9.19. The summed E-state index contributed by atoms with van der Waals surface area (Å²) >= 11 is 0. The highest BCUT2D eigenvalue weighted by atomic mass is 16.5. The molecular weight excluding hydrogens is 306 g/mol. The minimum Gasteiger partial charge on any atom is -0.394 e. The van der Waals surface area contributed by atoms with Crippen molar-refractivity contribution in [3.8, 4) is 0 Å². The van der Waals surface area contributed by atoms with Gasteiger partial charge >= 0.3 is 0 Å². The van der Waals surface area contributed by atoms with Gasteiger partial charge in [0.2, 0.25) is 0 Å². The number of piperidine rings is 1. The summed E-state index contributed by atoms with van der Waals surface area (Å²) in [6.45, 7) is 9.13. The molecule has 2 atom stereocenters. The number of aromatic nitrogens is 2. The van der Waals surface area contributed by atoms with Crippen molar-refractivity contribution >= 4 is 0 Å². The number of aliphatic hydroxyl groups is 2. The van der Waals surface area contributed by atoms with Gasteiger partial charge in [0.15, 0.2) is 0 Å². The Balaban J connectivity index is 1.61. The van der Waals surface area contributed by atoms with Crippen LogP contribution in [-0.2, 0) is 17.8 Å². The zero-order valence-corrected chi connectivity index (χ0v) is 14.9. The Labute approximate surface area is 144 Å². The van der Waals surface area contributed by atoms with Crippen LogP contribution in [0.15, 0.2) is 6.20 Å². The molecule has 6 heteroatoms. The molecule has 0 unspecified atom stereocenters. The van der Waals surface area contributed by atoms with Crippen molar-refractivity contribution in [2.45, 2.75) is 51.8 Å². The van der Waals surface area contributed by atoms with Crippen LogP contribution >= 0.6 is 0 Å². The molecular formula is C18H31N3O3. The van der Waals surface area contributed by atoms with Crippen LogP contribution in [-0.4, -0.2) is 63.4 Å². The van der Waals surface area contributed by atoms with Crippen molar-refractivity contribution in [3.05, 3.63) is 17.5 Å². The van der Waals surface area contributed by atoms with Gasteiger partial charge in [-0.05, 0) is 38.0 Å². The average Bonchev–Trinajstić information content (AvgIpc) is 2.92. The molecule has 0 bridgehead atoms. The van der Waals surface area contributed by atoms with Gasteiger partial charge in [0.1, 0.15) is 0 Å². The molecule has 0 radical (unpaired) electrons. The minimum atomic E-state index is -0.545. The second-order valence-electron chi connectivity index (χ2n) is 7.49.